The molecule has 0 saturated heterocycles. The van der Waals surface area contributed by atoms with Crippen molar-refractivity contribution in [3.8, 4) is 5.88 Å². The van der Waals surface area contributed by atoms with E-state index in [1.54, 1.807) is 6.92 Å². The molecule has 0 unspecified atom stereocenters. The van der Waals surface area contributed by atoms with E-state index in [1.165, 1.54) is 18.9 Å². The van der Waals surface area contributed by atoms with Crippen molar-refractivity contribution in [3.05, 3.63) is 11.3 Å². The van der Waals surface area contributed by atoms with E-state index in [9.17, 15) is 4.79 Å². The number of methoxy groups -OCH3 is 1. The van der Waals surface area contributed by atoms with Gasteiger partial charge in [-0.3, -0.25) is 0 Å². The topological polar surface area (TPSA) is 72.3 Å². The van der Waals surface area contributed by atoms with E-state index in [0.29, 0.717) is 10.9 Å². The van der Waals surface area contributed by atoms with Gasteiger partial charge in [0.15, 0.2) is 5.16 Å². The molecule has 1 aromatic heterocycles. The second-order valence-electron chi connectivity index (χ2n) is 2.49. The van der Waals surface area contributed by atoms with Crippen molar-refractivity contribution >= 4 is 17.7 Å². The Morgan fingerprint density at radius 1 is 1.50 bits per heavy atom. The third kappa shape index (κ3) is 1.95. The molecule has 0 radical (unpaired) electrons. The van der Waals surface area contributed by atoms with Crippen molar-refractivity contribution in [2.24, 2.45) is 0 Å². The zero-order chi connectivity index (χ0) is 10.7. The molecule has 0 fully saturated rings. The molecule has 1 heterocycles. The van der Waals surface area contributed by atoms with Crippen LogP contribution in [0.25, 0.3) is 0 Å². The van der Waals surface area contributed by atoms with Crippen LogP contribution in [0.5, 0.6) is 5.88 Å². The maximum atomic E-state index is 10.8. The Bertz CT molecular complexity index is 368. The lowest BCUT2D eigenvalue weighted by atomic mass is 10.2. The van der Waals surface area contributed by atoms with Crippen molar-refractivity contribution in [2.45, 2.75) is 12.1 Å². The SMILES string of the molecule is COc1nc(SC)nc(C)c1C(=O)O. The van der Waals surface area contributed by atoms with Gasteiger partial charge in [0, 0.05) is 0 Å². The Morgan fingerprint density at radius 3 is 2.57 bits per heavy atom. The van der Waals surface area contributed by atoms with Gasteiger partial charge in [0.05, 0.1) is 12.8 Å². The minimum atomic E-state index is -1.08. The molecule has 1 N–H and O–H groups in total. The van der Waals surface area contributed by atoms with E-state index in [4.69, 9.17) is 9.84 Å². The van der Waals surface area contributed by atoms with Gasteiger partial charge in [-0.1, -0.05) is 11.8 Å². The second-order valence-corrected chi connectivity index (χ2v) is 3.26. The summed E-state index contributed by atoms with van der Waals surface area (Å²) in [4.78, 5) is 18.8. The predicted octanol–water partition coefficient (Wildman–Crippen LogP) is 1.21. The molecule has 0 aliphatic carbocycles. The Balaban J connectivity index is 3.34. The van der Waals surface area contributed by atoms with Crippen LogP contribution in [0.1, 0.15) is 16.1 Å². The number of carbonyl (C=O) groups is 1. The zero-order valence-electron chi connectivity index (χ0n) is 8.07. The van der Waals surface area contributed by atoms with Crippen LogP contribution in [0.2, 0.25) is 0 Å². The zero-order valence-corrected chi connectivity index (χ0v) is 8.88. The average molecular weight is 214 g/mol. The highest BCUT2D eigenvalue weighted by Gasteiger charge is 2.18. The molecule has 0 spiro atoms. The summed E-state index contributed by atoms with van der Waals surface area (Å²) < 4.78 is 4.88. The molecule has 0 atom stereocenters. The number of carboxylic acids is 1. The van der Waals surface area contributed by atoms with Crippen molar-refractivity contribution in [2.75, 3.05) is 13.4 Å². The Hall–Kier alpha value is -1.30. The van der Waals surface area contributed by atoms with Crippen LogP contribution in [0.4, 0.5) is 0 Å². The van der Waals surface area contributed by atoms with E-state index in [2.05, 4.69) is 9.97 Å². The third-order valence-electron chi connectivity index (χ3n) is 1.63. The molecule has 1 aromatic rings. The van der Waals surface area contributed by atoms with Crippen molar-refractivity contribution in [3.63, 3.8) is 0 Å². The molecule has 14 heavy (non-hydrogen) atoms. The van der Waals surface area contributed by atoms with Crippen molar-refractivity contribution in [1.82, 2.24) is 9.97 Å². The van der Waals surface area contributed by atoms with Gasteiger partial charge in [-0.05, 0) is 13.2 Å². The number of hydrogen-bond acceptors (Lipinski definition) is 5. The van der Waals surface area contributed by atoms with Crippen LogP contribution >= 0.6 is 11.8 Å². The fourth-order valence-corrected chi connectivity index (χ4v) is 1.41. The molecule has 0 aliphatic rings. The minimum absolute atomic E-state index is 0.0188. The normalized spacial score (nSPS) is 9.93. The maximum Gasteiger partial charge on any atom is 0.343 e. The van der Waals surface area contributed by atoms with Crippen LogP contribution in [0.3, 0.4) is 0 Å². The molecule has 0 aliphatic heterocycles. The molecule has 0 amide bonds. The number of aromatic nitrogens is 2. The summed E-state index contributed by atoms with van der Waals surface area (Å²) in [5, 5.41) is 9.38. The monoisotopic (exact) mass is 214 g/mol. The average Bonchev–Trinajstić information content (AvgIpc) is 2.15. The molecular formula is C8H10N2O3S. The molecule has 0 aromatic carbocycles. The number of carboxylic acid groups (broad SMARTS) is 1. The fourth-order valence-electron chi connectivity index (χ4n) is 1.01. The van der Waals surface area contributed by atoms with E-state index in [0.717, 1.165) is 0 Å². The lowest BCUT2D eigenvalue weighted by molar-refractivity contribution is 0.0690. The summed E-state index contributed by atoms with van der Waals surface area (Å²) in [5.41, 5.74) is 0.430. The summed E-state index contributed by atoms with van der Waals surface area (Å²) in [7, 11) is 1.39. The van der Waals surface area contributed by atoms with Crippen molar-refractivity contribution in [1.29, 1.82) is 0 Å². The Labute approximate surface area is 85.5 Å². The molecule has 76 valence electrons. The first-order chi connectivity index (χ1) is 6.60. The first-order valence-electron chi connectivity index (χ1n) is 3.80. The summed E-state index contributed by atoms with van der Waals surface area (Å²) in [5.74, 6) is -0.971. The van der Waals surface area contributed by atoms with Crippen LogP contribution in [0.15, 0.2) is 5.16 Å². The first kappa shape index (κ1) is 10.8. The number of thioether (sulfide) groups is 1. The fraction of sp³-hybridized carbons (Fsp3) is 0.375. The summed E-state index contributed by atoms with van der Waals surface area (Å²) in [6.07, 6.45) is 1.81. The van der Waals surface area contributed by atoms with Gasteiger partial charge in [-0.25, -0.2) is 9.78 Å². The molecular weight excluding hydrogens is 204 g/mol. The quantitative estimate of drug-likeness (QED) is 0.602. The molecule has 5 nitrogen and oxygen atoms in total. The third-order valence-corrected chi connectivity index (χ3v) is 2.17. The number of rotatable bonds is 3. The van der Waals surface area contributed by atoms with Crippen LogP contribution < -0.4 is 4.74 Å². The number of aromatic carboxylic acids is 1. The number of aryl methyl sites for hydroxylation is 1. The Kier molecular flexibility index (Phi) is 3.29. The number of hydrogen-bond donors (Lipinski definition) is 1. The first-order valence-corrected chi connectivity index (χ1v) is 5.02. The second kappa shape index (κ2) is 4.28. The summed E-state index contributed by atoms with van der Waals surface area (Å²) in [6, 6.07) is 0. The standard InChI is InChI=1S/C8H10N2O3S/c1-4-5(7(11)12)6(13-2)10-8(9-4)14-3/h1-3H3,(H,11,12). The van der Waals surface area contributed by atoms with Crippen LogP contribution in [-0.2, 0) is 0 Å². The van der Waals surface area contributed by atoms with Crippen LogP contribution in [0, 0.1) is 6.92 Å². The minimum Gasteiger partial charge on any atom is -0.480 e. The van der Waals surface area contributed by atoms with E-state index in [1.807, 2.05) is 6.26 Å². The highest BCUT2D eigenvalue weighted by molar-refractivity contribution is 7.98. The van der Waals surface area contributed by atoms with Gasteiger partial charge in [0.2, 0.25) is 5.88 Å². The highest BCUT2D eigenvalue weighted by atomic mass is 32.2. The largest absolute Gasteiger partial charge is 0.480 e. The lowest BCUT2D eigenvalue weighted by Gasteiger charge is -2.07. The van der Waals surface area contributed by atoms with Gasteiger partial charge in [0.1, 0.15) is 5.56 Å². The van der Waals surface area contributed by atoms with Crippen LogP contribution in [-0.4, -0.2) is 34.4 Å². The molecule has 6 heteroatoms. The van der Waals surface area contributed by atoms with E-state index in [-0.39, 0.29) is 11.4 Å². The Morgan fingerprint density at radius 2 is 2.14 bits per heavy atom. The van der Waals surface area contributed by atoms with Gasteiger partial charge < -0.3 is 9.84 Å². The maximum absolute atomic E-state index is 10.8. The van der Waals surface area contributed by atoms with Gasteiger partial charge in [0.25, 0.3) is 0 Å². The van der Waals surface area contributed by atoms with E-state index < -0.39 is 5.97 Å². The molecule has 0 saturated carbocycles. The van der Waals surface area contributed by atoms with Gasteiger partial charge >= 0.3 is 5.97 Å². The smallest absolute Gasteiger partial charge is 0.343 e. The summed E-state index contributed by atoms with van der Waals surface area (Å²) in [6.45, 7) is 1.62. The molecule has 1 rings (SSSR count). The number of ether oxygens (including phenoxy) is 1. The number of nitrogens with zero attached hydrogens (tertiary/aromatic N) is 2. The molecule has 0 bridgehead atoms. The lowest BCUT2D eigenvalue weighted by Crippen LogP contribution is -2.08. The summed E-state index contributed by atoms with van der Waals surface area (Å²) >= 11 is 1.34. The van der Waals surface area contributed by atoms with Crippen molar-refractivity contribution < 1.29 is 14.6 Å². The van der Waals surface area contributed by atoms with Gasteiger partial charge in [-0.15, -0.1) is 0 Å². The predicted molar refractivity (Wildman–Crippen MR) is 52.1 cm³/mol. The van der Waals surface area contributed by atoms with E-state index >= 15 is 0 Å². The highest BCUT2D eigenvalue weighted by Crippen LogP contribution is 2.21. The van der Waals surface area contributed by atoms with Gasteiger partial charge in [-0.2, -0.15) is 4.98 Å².